The first-order valence-electron chi connectivity index (χ1n) is 9.65. The van der Waals surface area contributed by atoms with E-state index < -0.39 is 24.1 Å². The number of ether oxygens (including phenoxy) is 1. The van der Waals surface area contributed by atoms with E-state index in [0.717, 1.165) is 16.9 Å². The van der Waals surface area contributed by atoms with Gasteiger partial charge in [-0.25, -0.2) is 9.59 Å². The number of nitrogens with one attached hydrogen (secondary N) is 1. The van der Waals surface area contributed by atoms with Crippen LogP contribution >= 0.6 is 0 Å². The molecule has 2 atom stereocenters. The predicted octanol–water partition coefficient (Wildman–Crippen LogP) is 4.59. The number of carbonyl (C=O) groups excluding carboxylic acids is 1. The Morgan fingerprint density at radius 2 is 1.33 bits per heavy atom. The van der Waals surface area contributed by atoms with E-state index in [1.165, 1.54) is 0 Å². The molecule has 0 aliphatic rings. The maximum atomic E-state index is 12.3. The fraction of sp³-hybridized carbons (Fsp3) is 0.167. The number of rotatable bonds is 8. The van der Waals surface area contributed by atoms with Gasteiger partial charge in [0.25, 0.3) is 0 Å². The van der Waals surface area contributed by atoms with Crippen molar-refractivity contribution in [3.8, 4) is 0 Å². The van der Waals surface area contributed by atoms with Crippen LogP contribution < -0.4 is 10.2 Å². The Bertz CT molecular complexity index is 909. The second-order valence-electron chi connectivity index (χ2n) is 6.80. The molecule has 0 fully saturated rings. The van der Waals surface area contributed by atoms with Crippen molar-refractivity contribution in [3.05, 3.63) is 96.6 Å². The van der Waals surface area contributed by atoms with Crippen molar-refractivity contribution >= 4 is 23.4 Å². The highest BCUT2D eigenvalue weighted by molar-refractivity contribution is 5.82. The summed E-state index contributed by atoms with van der Waals surface area (Å²) >= 11 is 0. The summed E-state index contributed by atoms with van der Waals surface area (Å²) in [6.07, 6.45) is -0.779. The minimum atomic E-state index is -1.19. The quantitative estimate of drug-likeness (QED) is 0.574. The number of benzene rings is 3. The molecule has 6 heteroatoms. The van der Waals surface area contributed by atoms with Crippen LogP contribution in [0.4, 0.5) is 16.2 Å². The smallest absolute Gasteiger partial charge is 0.408 e. The average molecular weight is 404 g/mol. The van der Waals surface area contributed by atoms with Crippen molar-refractivity contribution in [1.82, 2.24) is 5.32 Å². The molecule has 2 N–H and O–H groups in total. The van der Waals surface area contributed by atoms with Crippen molar-refractivity contribution in [2.75, 3.05) is 4.90 Å². The average Bonchev–Trinajstić information content (AvgIpc) is 2.78. The number of para-hydroxylation sites is 2. The molecule has 0 aliphatic carbocycles. The molecule has 3 rings (SSSR count). The molecule has 30 heavy (non-hydrogen) atoms. The topological polar surface area (TPSA) is 78.9 Å². The van der Waals surface area contributed by atoms with Crippen LogP contribution in [0, 0.1) is 0 Å². The highest BCUT2D eigenvalue weighted by Gasteiger charge is 2.32. The first-order valence-corrected chi connectivity index (χ1v) is 9.65. The molecule has 0 heterocycles. The molecule has 2 unspecified atom stereocenters. The number of carbonyl (C=O) groups is 2. The fourth-order valence-electron chi connectivity index (χ4n) is 3.23. The zero-order valence-electron chi connectivity index (χ0n) is 16.6. The molecule has 0 aromatic heterocycles. The second-order valence-corrected chi connectivity index (χ2v) is 6.80. The number of nitrogens with zero attached hydrogens (tertiary/aromatic N) is 1. The number of hydrogen-bond donors (Lipinski definition) is 2. The van der Waals surface area contributed by atoms with Crippen molar-refractivity contribution in [1.29, 1.82) is 0 Å². The Labute approximate surface area is 175 Å². The molecule has 0 spiro atoms. The van der Waals surface area contributed by atoms with Gasteiger partial charge in [0.05, 0.1) is 6.04 Å². The lowest BCUT2D eigenvalue weighted by atomic mass is 10.1. The molecule has 0 radical (unpaired) electrons. The van der Waals surface area contributed by atoms with Gasteiger partial charge in [0.2, 0.25) is 0 Å². The van der Waals surface area contributed by atoms with Gasteiger partial charge in [0.15, 0.2) is 0 Å². The Hall–Kier alpha value is -3.80. The Balaban J connectivity index is 1.78. The first-order chi connectivity index (χ1) is 14.6. The lowest BCUT2D eigenvalue weighted by Crippen LogP contribution is -2.53. The van der Waals surface area contributed by atoms with Gasteiger partial charge in [-0.15, -0.1) is 0 Å². The van der Waals surface area contributed by atoms with Crippen molar-refractivity contribution in [3.63, 3.8) is 0 Å². The van der Waals surface area contributed by atoms with Crippen LogP contribution in [0.25, 0.3) is 0 Å². The second kappa shape index (κ2) is 10.1. The normalized spacial score (nSPS) is 12.4. The largest absolute Gasteiger partial charge is 0.480 e. The molecular weight excluding hydrogens is 380 g/mol. The number of carboxylic acid groups (broad SMARTS) is 1. The lowest BCUT2D eigenvalue weighted by molar-refractivity contribution is -0.139. The van der Waals surface area contributed by atoms with Crippen LogP contribution in [0.15, 0.2) is 91.0 Å². The summed E-state index contributed by atoms with van der Waals surface area (Å²) in [6.45, 7) is 1.82. The van der Waals surface area contributed by atoms with E-state index in [-0.39, 0.29) is 6.61 Å². The van der Waals surface area contributed by atoms with Gasteiger partial charge in [-0.2, -0.15) is 0 Å². The number of anilines is 2. The molecular formula is C24H24N2O4. The summed E-state index contributed by atoms with van der Waals surface area (Å²) in [5.41, 5.74) is 2.46. The zero-order chi connectivity index (χ0) is 21.3. The van der Waals surface area contributed by atoms with Crippen molar-refractivity contribution < 1.29 is 19.4 Å². The van der Waals surface area contributed by atoms with Crippen LogP contribution in [0.3, 0.4) is 0 Å². The predicted molar refractivity (Wildman–Crippen MR) is 116 cm³/mol. The van der Waals surface area contributed by atoms with E-state index in [0.29, 0.717) is 0 Å². The molecule has 1 amide bonds. The Morgan fingerprint density at radius 3 is 1.80 bits per heavy atom. The van der Waals surface area contributed by atoms with Gasteiger partial charge >= 0.3 is 12.1 Å². The van der Waals surface area contributed by atoms with E-state index in [1.54, 1.807) is 6.92 Å². The number of amides is 1. The minimum absolute atomic E-state index is 0.0640. The van der Waals surface area contributed by atoms with Crippen molar-refractivity contribution in [2.24, 2.45) is 0 Å². The lowest BCUT2D eigenvalue weighted by Gasteiger charge is -2.35. The van der Waals surface area contributed by atoms with Crippen LogP contribution in [0.2, 0.25) is 0 Å². The van der Waals surface area contributed by atoms with Gasteiger partial charge in [0, 0.05) is 11.4 Å². The fourth-order valence-corrected chi connectivity index (χ4v) is 3.23. The molecule has 3 aromatic rings. The van der Waals surface area contributed by atoms with Gasteiger partial charge < -0.3 is 20.1 Å². The van der Waals surface area contributed by atoms with E-state index in [2.05, 4.69) is 5.32 Å². The SMILES string of the molecule is CC(C(NC(=O)OCc1ccccc1)C(=O)O)N(c1ccccc1)c1ccccc1. The number of carboxylic acids is 1. The van der Waals surface area contributed by atoms with Gasteiger partial charge in [-0.1, -0.05) is 66.7 Å². The summed E-state index contributed by atoms with van der Waals surface area (Å²) in [6, 6.07) is 26.4. The zero-order valence-corrected chi connectivity index (χ0v) is 16.6. The molecule has 154 valence electrons. The summed E-state index contributed by atoms with van der Waals surface area (Å²) in [5, 5.41) is 12.3. The summed E-state index contributed by atoms with van der Waals surface area (Å²) in [7, 11) is 0. The van der Waals surface area contributed by atoms with Crippen molar-refractivity contribution in [2.45, 2.75) is 25.6 Å². The summed E-state index contributed by atoms with van der Waals surface area (Å²) in [4.78, 5) is 26.2. The number of hydrogen-bond acceptors (Lipinski definition) is 4. The standard InChI is InChI=1S/C24H24N2O4/c1-18(26(20-13-7-3-8-14-20)21-15-9-4-10-16-21)22(23(27)28)25-24(29)30-17-19-11-5-2-6-12-19/h2-16,18,22H,17H2,1H3,(H,25,29)(H,27,28). The van der Waals surface area contributed by atoms with Crippen LogP contribution in [0.1, 0.15) is 12.5 Å². The number of aliphatic carboxylic acids is 1. The Morgan fingerprint density at radius 1 is 0.867 bits per heavy atom. The summed E-state index contributed by atoms with van der Waals surface area (Å²) < 4.78 is 5.22. The highest BCUT2D eigenvalue weighted by Crippen LogP contribution is 2.28. The third kappa shape index (κ3) is 5.38. The molecule has 0 saturated carbocycles. The van der Waals surface area contributed by atoms with Crippen LogP contribution in [0.5, 0.6) is 0 Å². The van der Waals surface area contributed by atoms with E-state index in [4.69, 9.17) is 4.74 Å². The van der Waals surface area contributed by atoms with Crippen LogP contribution in [-0.4, -0.2) is 29.3 Å². The molecule has 6 nitrogen and oxygen atoms in total. The Kier molecular flexibility index (Phi) is 7.05. The van der Waals surface area contributed by atoms with E-state index >= 15 is 0 Å². The van der Waals surface area contributed by atoms with E-state index in [1.807, 2.05) is 95.9 Å². The van der Waals surface area contributed by atoms with Crippen LogP contribution in [-0.2, 0) is 16.1 Å². The summed E-state index contributed by atoms with van der Waals surface area (Å²) in [5.74, 6) is -1.14. The van der Waals surface area contributed by atoms with Gasteiger partial charge in [-0.05, 0) is 36.8 Å². The molecule has 0 saturated heterocycles. The number of alkyl carbamates (subject to hydrolysis) is 1. The molecule has 3 aromatic carbocycles. The van der Waals surface area contributed by atoms with E-state index in [9.17, 15) is 14.7 Å². The molecule has 0 bridgehead atoms. The monoisotopic (exact) mass is 404 g/mol. The highest BCUT2D eigenvalue weighted by atomic mass is 16.5. The third-order valence-corrected chi connectivity index (χ3v) is 4.71. The first kappa shape index (κ1) is 20.9. The maximum Gasteiger partial charge on any atom is 0.408 e. The minimum Gasteiger partial charge on any atom is -0.480 e. The maximum absolute atomic E-state index is 12.3. The van der Waals surface area contributed by atoms with Gasteiger partial charge in [-0.3, -0.25) is 0 Å². The third-order valence-electron chi connectivity index (χ3n) is 4.71. The van der Waals surface area contributed by atoms with Gasteiger partial charge in [0.1, 0.15) is 12.6 Å². The molecule has 0 aliphatic heterocycles.